The van der Waals surface area contributed by atoms with Crippen LogP contribution in [0.4, 0.5) is 19.0 Å². The van der Waals surface area contributed by atoms with E-state index in [1.807, 2.05) is 23.1 Å². The van der Waals surface area contributed by atoms with E-state index in [1.165, 1.54) is 6.07 Å². The summed E-state index contributed by atoms with van der Waals surface area (Å²) < 4.78 is 39.5. The number of allylic oxidation sites excluding steroid dienone is 2. The van der Waals surface area contributed by atoms with Crippen molar-refractivity contribution in [2.75, 3.05) is 18.0 Å². The minimum absolute atomic E-state index is 0.0418. The fourth-order valence-electron chi connectivity index (χ4n) is 4.73. The lowest BCUT2D eigenvalue weighted by Crippen LogP contribution is -2.47. The maximum atomic E-state index is 13.2. The number of nitrogens with zero attached hydrogens (tertiary/aromatic N) is 3. The van der Waals surface area contributed by atoms with Crippen molar-refractivity contribution in [1.29, 1.82) is 0 Å². The molecule has 2 unspecified atom stereocenters. The monoisotopic (exact) mass is 486 g/mol. The lowest BCUT2D eigenvalue weighted by atomic mass is 9.82. The Labute approximate surface area is 199 Å². The van der Waals surface area contributed by atoms with Crippen LogP contribution in [0.1, 0.15) is 42.2 Å². The molecule has 0 saturated carbocycles. The summed E-state index contributed by atoms with van der Waals surface area (Å²) in [7, 11) is 0. The molecule has 1 amide bonds. The maximum absolute atomic E-state index is 13.2. The average Bonchev–Trinajstić information content (AvgIpc) is 3.28. The molecule has 2 aromatic heterocycles. The molecule has 5 rings (SSSR count). The number of para-hydroxylation sites is 1. The maximum Gasteiger partial charge on any atom is 0.417 e. The highest BCUT2D eigenvalue weighted by Gasteiger charge is 2.34. The minimum atomic E-state index is -4.39. The number of rotatable bonds is 4. The van der Waals surface area contributed by atoms with E-state index in [0.717, 1.165) is 46.7 Å². The number of anilines is 1. The normalized spacial score (nSPS) is 21.7. The van der Waals surface area contributed by atoms with Gasteiger partial charge in [0.25, 0.3) is 0 Å². The van der Waals surface area contributed by atoms with Crippen molar-refractivity contribution in [3.8, 4) is 0 Å². The first kappa shape index (κ1) is 22.8. The van der Waals surface area contributed by atoms with E-state index in [4.69, 9.17) is 4.98 Å². The van der Waals surface area contributed by atoms with Crippen molar-refractivity contribution in [3.63, 3.8) is 0 Å². The second kappa shape index (κ2) is 9.37. The van der Waals surface area contributed by atoms with Crippen LogP contribution in [0.15, 0.2) is 54.7 Å². The van der Waals surface area contributed by atoms with Gasteiger partial charge in [-0.15, -0.1) is 11.3 Å². The van der Waals surface area contributed by atoms with E-state index in [9.17, 15) is 18.0 Å². The third kappa shape index (κ3) is 4.80. The summed E-state index contributed by atoms with van der Waals surface area (Å²) in [6.07, 6.45) is 3.65. The quantitative estimate of drug-likeness (QED) is 0.492. The lowest BCUT2D eigenvalue weighted by Gasteiger charge is -2.35. The average molecular weight is 487 g/mol. The van der Waals surface area contributed by atoms with Crippen LogP contribution in [0.25, 0.3) is 10.2 Å². The number of benzene rings is 1. The van der Waals surface area contributed by atoms with Gasteiger partial charge in [0.1, 0.15) is 5.82 Å². The first-order valence-corrected chi connectivity index (χ1v) is 12.3. The molecule has 178 valence electrons. The molecule has 1 aromatic carbocycles. The molecule has 5 nitrogen and oxygen atoms in total. The molecule has 1 aliphatic carbocycles. The van der Waals surface area contributed by atoms with Gasteiger partial charge < -0.3 is 10.2 Å². The molecular formula is C25H25F3N4OS. The highest BCUT2D eigenvalue weighted by atomic mass is 32.1. The number of carbonyl (C=O) groups is 1. The van der Waals surface area contributed by atoms with E-state index < -0.39 is 11.7 Å². The summed E-state index contributed by atoms with van der Waals surface area (Å²) in [5.41, 5.74) is 0.225. The first-order valence-electron chi connectivity index (χ1n) is 11.5. The number of hydrogen-bond acceptors (Lipinski definition) is 5. The summed E-state index contributed by atoms with van der Waals surface area (Å²) >= 11 is 1.66. The van der Waals surface area contributed by atoms with E-state index >= 15 is 0 Å². The zero-order valence-electron chi connectivity index (χ0n) is 18.5. The number of piperidine rings is 1. The Morgan fingerprint density at radius 3 is 2.53 bits per heavy atom. The molecule has 1 aliphatic heterocycles. The van der Waals surface area contributed by atoms with Gasteiger partial charge in [0.15, 0.2) is 0 Å². The Morgan fingerprint density at radius 1 is 1.06 bits per heavy atom. The van der Waals surface area contributed by atoms with Crippen LogP contribution < -0.4 is 10.2 Å². The number of amides is 1. The van der Waals surface area contributed by atoms with Crippen molar-refractivity contribution >= 4 is 33.3 Å². The van der Waals surface area contributed by atoms with E-state index in [2.05, 4.69) is 28.5 Å². The molecule has 0 spiro atoms. The van der Waals surface area contributed by atoms with Gasteiger partial charge in [-0.3, -0.25) is 4.79 Å². The number of carbonyl (C=O) groups excluding carboxylic acids is 1. The number of halogens is 3. The van der Waals surface area contributed by atoms with Crippen LogP contribution in [0.2, 0.25) is 0 Å². The molecule has 9 heteroatoms. The number of thiazole rings is 1. The fourth-order valence-corrected chi connectivity index (χ4v) is 5.87. The van der Waals surface area contributed by atoms with E-state index in [-0.39, 0.29) is 23.8 Å². The van der Waals surface area contributed by atoms with Gasteiger partial charge in [-0.05, 0) is 49.9 Å². The zero-order chi connectivity index (χ0) is 23.7. The molecular weight excluding hydrogens is 461 g/mol. The van der Waals surface area contributed by atoms with Gasteiger partial charge in [-0.25, -0.2) is 9.97 Å². The highest BCUT2D eigenvalue weighted by molar-refractivity contribution is 7.18. The number of aromatic nitrogens is 2. The summed E-state index contributed by atoms with van der Waals surface area (Å²) in [5.74, 6) is 0.504. The largest absolute Gasteiger partial charge is 0.417 e. The van der Waals surface area contributed by atoms with Gasteiger partial charge in [-0.2, -0.15) is 13.2 Å². The molecule has 2 aliphatic rings. The van der Waals surface area contributed by atoms with Gasteiger partial charge in [0.2, 0.25) is 5.91 Å². The summed E-state index contributed by atoms with van der Waals surface area (Å²) in [6.45, 7) is 1.27. The molecule has 34 heavy (non-hydrogen) atoms. The van der Waals surface area contributed by atoms with E-state index in [0.29, 0.717) is 25.3 Å². The second-order valence-electron chi connectivity index (χ2n) is 8.85. The topological polar surface area (TPSA) is 58.1 Å². The molecule has 3 heterocycles. The van der Waals surface area contributed by atoms with Gasteiger partial charge in [-0.1, -0.05) is 24.3 Å². The summed E-state index contributed by atoms with van der Waals surface area (Å²) in [5, 5.41) is 4.24. The molecule has 1 saturated heterocycles. The minimum Gasteiger partial charge on any atom is -0.356 e. The van der Waals surface area contributed by atoms with Crippen LogP contribution in [0, 0.1) is 5.92 Å². The number of pyridine rings is 1. The molecule has 1 fully saturated rings. The van der Waals surface area contributed by atoms with Gasteiger partial charge in [0.05, 0.1) is 26.7 Å². The van der Waals surface area contributed by atoms with Crippen molar-refractivity contribution in [1.82, 2.24) is 15.3 Å². The SMILES string of the molecule is O=C(NC1CCN(c2ccc(C(F)(F)F)cn2)CC1)C1CC=CCC1c1nc2ccccc2s1. The van der Waals surface area contributed by atoms with Crippen molar-refractivity contribution in [2.24, 2.45) is 5.92 Å². The predicted octanol–water partition coefficient (Wildman–Crippen LogP) is 5.55. The standard InChI is InChI=1S/C25H25F3N4OS/c26-25(27,28)16-9-10-22(29-15-16)32-13-11-17(12-14-32)30-23(33)18-5-1-2-6-19(18)24-31-20-7-3-4-8-21(20)34-24/h1-4,7-10,15,17-19H,5-6,11-14H2,(H,30,33). The van der Waals surface area contributed by atoms with Gasteiger partial charge >= 0.3 is 6.18 Å². The molecule has 0 bridgehead atoms. The van der Waals surface area contributed by atoms with Crippen molar-refractivity contribution in [2.45, 2.75) is 43.8 Å². The second-order valence-corrected chi connectivity index (χ2v) is 9.91. The zero-order valence-corrected chi connectivity index (χ0v) is 19.3. The number of alkyl halides is 3. The summed E-state index contributed by atoms with van der Waals surface area (Å²) in [4.78, 5) is 24.0. The van der Waals surface area contributed by atoms with Crippen LogP contribution in [-0.4, -0.2) is 35.0 Å². The Morgan fingerprint density at radius 2 is 1.82 bits per heavy atom. The number of fused-ring (bicyclic) bond motifs is 1. The van der Waals surface area contributed by atoms with E-state index in [1.54, 1.807) is 11.3 Å². The van der Waals surface area contributed by atoms with Crippen molar-refractivity contribution in [3.05, 3.63) is 65.3 Å². The molecule has 2 atom stereocenters. The molecule has 1 N–H and O–H groups in total. The highest BCUT2D eigenvalue weighted by Crippen LogP contribution is 2.39. The van der Waals surface area contributed by atoms with Crippen LogP contribution in [0.5, 0.6) is 0 Å². The third-order valence-corrected chi connectivity index (χ3v) is 7.81. The number of nitrogens with one attached hydrogen (secondary N) is 1. The Hall–Kier alpha value is -2.94. The smallest absolute Gasteiger partial charge is 0.356 e. The predicted molar refractivity (Wildman–Crippen MR) is 127 cm³/mol. The summed E-state index contributed by atoms with van der Waals surface area (Å²) in [6, 6.07) is 10.6. The van der Waals surface area contributed by atoms with Crippen LogP contribution in [0.3, 0.4) is 0 Å². The molecule has 0 radical (unpaired) electrons. The molecule has 3 aromatic rings. The Bertz CT molecular complexity index is 1150. The Kier molecular flexibility index (Phi) is 6.29. The van der Waals surface area contributed by atoms with Crippen LogP contribution in [-0.2, 0) is 11.0 Å². The van der Waals surface area contributed by atoms with Gasteiger partial charge in [0, 0.05) is 31.2 Å². The fraction of sp³-hybridized carbons (Fsp3) is 0.400. The first-order chi connectivity index (χ1) is 16.4. The lowest BCUT2D eigenvalue weighted by molar-refractivity contribution is -0.137. The third-order valence-electron chi connectivity index (χ3n) is 6.64. The van der Waals surface area contributed by atoms with Crippen molar-refractivity contribution < 1.29 is 18.0 Å². The van der Waals surface area contributed by atoms with Crippen LogP contribution >= 0.6 is 11.3 Å². The number of hydrogen-bond donors (Lipinski definition) is 1. The Balaban J connectivity index is 1.20.